The Bertz CT molecular complexity index is 567. The maximum Gasteiger partial charge on any atom is 0.191 e. The van der Waals surface area contributed by atoms with Crippen molar-refractivity contribution in [3.8, 4) is 0 Å². The molecule has 0 radical (unpaired) electrons. The molecule has 2 aliphatic heterocycles. The van der Waals surface area contributed by atoms with Crippen LogP contribution in [0, 0.1) is 0 Å². The first-order valence-corrected chi connectivity index (χ1v) is 10.4. The van der Waals surface area contributed by atoms with Crippen molar-refractivity contribution in [2.75, 3.05) is 50.9 Å². The molecule has 2 N–H and O–H groups in total. The standard InChI is InChI=1S/C21H34N4O2.HI/c1-2-22-21(23-12-6-14-27-20-10-15-26-16-11-20)24-18-9-13-25(17-18)19-7-4-3-5-8-19;/h3-5,7-8,18,20H,2,6,9-17H2,1H3,(H2,22,23,24);1H. The van der Waals surface area contributed by atoms with Crippen molar-refractivity contribution in [3.63, 3.8) is 0 Å². The lowest BCUT2D eigenvalue weighted by Gasteiger charge is -2.22. The zero-order valence-corrected chi connectivity index (χ0v) is 19.3. The Balaban J connectivity index is 0.00000280. The first-order valence-electron chi connectivity index (χ1n) is 10.4. The zero-order chi connectivity index (χ0) is 18.7. The van der Waals surface area contributed by atoms with Crippen LogP contribution in [0.2, 0.25) is 0 Å². The molecular weight excluding hydrogens is 467 g/mol. The molecule has 2 saturated heterocycles. The molecule has 2 heterocycles. The minimum atomic E-state index is 0. The third-order valence-corrected chi connectivity index (χ3v) is 5.09. The molecule has 1 unspecified atom stereocenters. The first kappa shape index (κ1) is 23.2. The Morgan fingerprint density at radius 1 is 1.21 bits per heavy atom. The molecule has 3 rings (SSSR count). The largest absolute Gasteiger partial charge is 0.381 e. The van der Waals surface area contributed by atoms with Gasteiger partial charge in [0.25, 0.3) is 0 Å². The summed E-state index contributed by atoms with van der Waals surface area (Å²) in [5.41, 5.74) is 1.30. The Hall–Kier alpha value is -1.06. The normalized spacial score (nSPS) is 20.7. The second-order valence-corrected chi connectivity index (χ2v) is 7.21. The average Bonchev–Trinajstić information content (AvgIpc) is 3.18. The third kappa shape index (κ3) is 7.75. The molecule has 0 aromatic heterocycles. The quantitative estimate of drug-likeness (QED) is 0.248. The van der Waals surface area contributed by atoms with Crippen LogP contribution in [0.4, 0.5) is 5.69 Å². The number of nitrogens with zero attached hydrogens (tertiary/aromatic N) is 2. The lowest BCUT2D eigenvalue weighted by atomic mass is 10.1. The third-order valence-electron chi connectivity index (χ3n) is 5.09. The molecule has 158 valence electrons. The lowest BCUT2D eigenvalue weighted by Crippen LogP contribution is -2.44. The number of rotatable bonds is 8. The fraction of sp³-hybridized carbons (Fsp3) is 0.667. The molecule has 0 amide bonds. The molecule has 0 bridgehead atoms. The van der Waals surface area contributed by atoms with Crippen molar-refractivity contribution in [3.05, 3.63) is 30.3 Å². The van der Waals surface area contributed by atoms with E-state index in [4.69, 9.17) is 14.5 Å². The summed E-state index contributed by atoms with van der Waals surface area (Å²) in [6.45, 7) is 8.31. The highest BCUT2D eigenvalue weighted by Gasteiger charge is 2.23. The lowest BCUT2D eigenvalue weighted by molar-refractivity contribution is -0.0318. The van der Waals surface area contributed by atoms with E-state index < -0.39 is 0 Å². The summed E-state index contributed by atoms with van der Waals surface area (Å²) in [5.74, 6) is 0.920. The predicted molar refractivity (Wildman–Crippen MR) is 126 cm³/mol. The van der Waals surface area contributed by atoms with Gasteiger partial charge in [-0.15, -0.1) is 24.0 Å². The fourth-order valence-electron chi connectivity index (χ4n) is 3.61. The summed E-state index contributed by atoms with van der Waals surface area (Å²) in [7, 11) is 0. The van der Waals surface area contributed by atoms with Crippen LogP contribution in [0.3, 0.4) is 0 Å². The second-order valence-electron chi connectivity index (χ2n) is 7.21. The molecule has 2 aliphatic rings. The number of nitrogens with one attached hydrogen (secondary N) is 2. The summed E-state index contributed by atoms with van der Waals surface area (Å²) in [6.07, 6.45) is 4.50. The number of aliphatic imine (C=N–C) groups is 1. The molecule has 2 fully saturated rings. The minimum absolute atomic E-state index is 0. The topological polar surface area (TPSA) is 58.1 Å². The van der Waals surface area contributed by atoms with Gasteiger partial charge in [0, 0.05) is 57.7 Å². The second kappa shape index (κ2) is 13.2. The number of hydrogen-bond donors (Lipinski definition) is 2. The monoisotopic (exact) mass is 502 g/mol. The molecule has 1 atom stereocenters. The molecule has 1 aromatic rings. The van der Waals surface area contributed by atoms with E-state index in [0.717, 1.165) is 77.6 Å². The van der Waals surface area contributed by atoms with E-state index in [1.807, 2.05) is 0 Å². The molecular formula is C21H35IN4O2. The summed E-state index contributed by atoms with van der Waals surface area (Å²) in [5, 5.41) is 6.96. The van der Waals surface area contributed by atoms with E-state index >= 15 is 0 Å². The maximum absolute atomic E-state index is 5.92. The number of para-hydroxylation sites is 1. The van der Waals surface area contributed by atoms with Gasteiger partial charge in [-0.3, -0.25) is 4.99 Å². The van der Waals surface area contributed by atoms with Gasteiger partial charge in [0.05, 0.1) is 6.10 Å². The van der Waals surface area contributed by atoms with Crippen molar-refractivity contribution in [1.29, 1.82) is 0 Å². The van der Waals surface area contributed by atoms with Gasteiger partial charge in [-0.2, -0.15) is 0 Å². The van der Waals surface area contributed by atoms with Crippen molar-refractivity contribution in [2.24, 2.45) is 4.99 Å². The maximum atomic E-state index is 5.92. The highest BCUT2D eigenvalue weighted by Crippen LogP contribution is 2.19. The van der Waals surface area contributed by atoms with Crippen LogP contribution < -0.4 is 15.5 Å². The Labute approximate surface area is 186 Å². The van der Waals surface area contributed by atoms with E-state index in [1.165, 1.54) is 5.69 Å². The molecule has 1 aromatic carbocycles. The highest BCUT2D eigenvalue weighted by molar-refractivity contribution is 14.0. The fourth-order valence-corrected chi connectivity index (χ4v) is 3.61. The van der Waals surface area contributed by atoms with Crippen LogP contribution in [0.1, 0.15) is 32.6 Å². The molecule has 6 nitrogen and oxygen atoms in total. The van der Waals surface area contributed by atoms with E-state index in [0.29, 0.717) is 12.1 Å². The van der Waals surface area contributed by atoms with E-state index in [2.05, 4.69) is 52.8 Å². The van der Waals surface area contributed by atoms with Gasteiger partial charge in [-0.25, -0.2) is 0 Å². The SMILES string of the molecule is CCNC(=NCCCOC1CCOCC1)NC1CCN(c2ccccc2)C1.I. The van der Waals surface area contributed by atoms with Crippen molar-refractivity contribution in [1.82, 2.24) is 10.6 Å². The number of hydrogen-bond acceptors (Lipinski definition) is 4. The van der Waals surface area contributed by atoms with Gasteiger partial charge in [0.15, 0.2) is 5.96 Å². The van der Waals surface area contributed by atoms with Gasteiger partial charge in [-0.05, 0) is 44.7 Å². The van der Waals surface area contributed by atoms with E-state index in [9.17, 15) is 0 Å². The highest BCUT2D eigenvalue weighted by atomic mass is 127. The van der Waals surface area contributed by atoms with Gasteiger partial charge >= 0.3 is 0 Å². The van der Waals surface area contributed by atoms with Crippen molar-refractivity contribution in [2.45, 2.75) is 44.8 Å². The average molecular weight is 502 g/mol. The van der Waals surface area contributed by atoms with Crippen molar-refractivity contribution >= 4 is 35.6 Å². The van der Waals surface area contributed by atoms with Crippen LogP contribution in [0.15, 0.2) is 35.3 Å². The Morgan fingerprint density at radius 3 is 2.75 bits per heavy atom. The predicted octanol–water partition coefficient (Wildman–Crippen LogP) is 3.02. The van der Waals surface area contributed by atoms with E-state index in [-0.39, 0.29) is 24.0 Å². The minimum Gasteiger partial charge on any atom is -0.381 e. The molecule has 0 aliphatic carbocycles. The Morgan fingerprint density at radius 2 is 2.00 bits per heavy atom. The van der Waals surface area contributed by atoms with Crippen LogP contribution in [-0.4, -0.2) is 64.1 Å². The molecule has 28 heavy (non-hydrogen) atoms. The Kier molecular flexibility index (Phi) is 11.0. The van der Waals surface area contributed by atoms with Gasteiger partial charge < -0.3 is 25.0 Å². The van der Waals surface area contributed by atoms with Gasteiger partial charge in [-0.1, -0.05) is 18.2 Å². The summed E-state index contributed by atoms with van der Waals surface area (Å²) in [6, 6.07) is 11.1. The smallest absolute Gasteiger partial charge is 0.191 e. The number of ether oxygens (including phenoxy) is 2. The molecule has 0 spiro atoms. The molecule has 0 saturated carbocycles. The summed E-state index contributed by atoms with van der Waals surface area (Å²) >= 11 is 0. The zero-order valence-electron chi connectivity index (χ0n) is 16.9. The summed E-state index contributed by atoms with van der Waals surface area (Å²) < 4.78 is 11.3. The number of guanidine groups is 1. The number of anilines is 1. The van der Waals surface area contributed by atoms with Crippen LogP contribution in [0.25, 0.3) is 0 Å². The van der Waals surface area contributed by atoms with Gasteiger partial charge in [0.2, 0.25) is 0 Å². The molecule has 7 heteroatoms. The first-order chi connectivity index (χ1) is 13.3. The van der Waals surface area contributed by atoms with Crippen LogP contribution in [0.5, 0.6) is 0 Å². The number of halogens is 1. The van der Waals surface area contributed by atoms with Crippen LogP contribution in [-0.2, 0) is 9.47 Å². The van der Waals surface area contributed by atoms with Crippen LogP contribution >= 0.6 is 24.0 Å². The number of benzene rings is 1. The van der Waals surface area contributed by atoms with E-state index in [1.54, 1.807) is 0 Å². The van der Waals surface area contributed by atoms with Crippen molar-refractivity contribution < 1.29 is 9.47 Å². The summed E-state index contributed by atoms with van der Waals surface area (Å²) in [4.78, 5) is 7.16. The van der Waals surface area contributed by atoms with Gasteiger partial charge in [0.1, 0.15) is 0 Å².